The van der Waals surface area contributed by atoms with Crippen molar-refractivity contribution in [2.24, 2.45) is 11.1 Å². The molecule has 0 spiro atoms. The summed E-state index contributed by atoms with van der Waals surface area (Å²) < 4.78 is 5.28. The molecule has 18 heavy (non-hydrogen) atoms. The number of nitrogens with one attached hydrogen (secondary N) is 1. The predicted molar refractivity (Wildman–Crippen MR) is 71.3 cm³/mol. The van der Waals surface area contributed by atoms with Crippen LogP contribution in [0.15, 0.2) is 0 Å². The first kappa shape index (κ1) is 13.7. The number of carbonyl (C=O) groups is 1. The van der Waals surface area contributed by atoms with Crippen LogP contribution in [0.2, 0.25) is 0 Å². The number of nitrogens with two attached hydrogens (primary N) is 1. The van der Waals surface area contributed by atoms with E-state index in [1.165, 1.54) is 12.8 Å². The number of fused-ring (bicyclic) bond motifs is 2. The first-order chi connectivity index (χ1) is 8.22. The predicted octanol–water partition coefficient (Wildman–Crippen LogP) is 2.56. The molecule has 2 atom stereocenters. The molecular weight excluding hydrogens is 228 g/mol. The molecule has 0 unspecified atom stereocenters. The van der Waals surface area contributed by atoms with Gasteiger partial charge in [0.2, 0.25) is 0 Å². The van der Waals surface area contributed by atoms with E-state index in [1.54, 1.807) is 0 Å². The molecule has 2 aliphatic rings. The molecule has 0 aromatic heterocycles. The van der Waals surface area contributed by atoms with Gasteiger partial charge in [-0.05, 0) is 58.3 Å². The van der Waals surface area contributed by atoms with E-state index in [-0.39, 0.29) is 17.0 Å². The number of hydrogen-bond acceptors (Lipinski definition) is 3. The minimum absolute atomic E-state index is 0.0356. The third-order valence-electron chi connectivity index (χ3n) is 4.27. The highest BCUT2D eigenvalue weighted by Gasteiger charge is 2.48. The average molecular weight is 254 g/mol. The summed E-state index contributed by atoms with van der Waals surface area (Å²) in [5.41, 5.74) is 6.18. The largest absolute Gasteiger partial charge is 0.444 e. The zero-order chi connectivity index (χ0) is 13.4. The van der Waals surface area contributed by atoms with Crippen LogP contribution >= 0.6 is 0 Å². The van der Waals surface area contributed by atoms with Crippen LogP contribution in [-0.2, 0) is 4.74 Å². The SMILES string of the molecule is CC(C)(C)OC(=O)NC[C@@]12CCC[C@@](N)(CC1)C2. The van der Waals surface area contributed by atoms with Gasteiger partial charge in [0.1, 0.15) is 5.60 Å². The topological polar surface area (TPSA) is 64.3 Å². The third-order valence-corrected chi connectivity index (χ3v) is 4.27. The Morgan fingerprint density at radius 1 is 1.28 bits per heavy atom. The number of rotatable bonds is 2. The fourth-order valence-corrected chi connectivity index (χ4v) is 3.49. The maximum atomic E-state index is 11.7. The lowest BCUT2D eigenvalue weighted by molar-refractivity contribution is 0.0487. The fraction of sp³-hybridized carbons (Fsp3) is 0.929. The lowest BCUT2D eigenvalue weighted by atomic mass is 9.73. The molecule has 2 aliphatic carbocycles. The maximum Gasteiger partial charge on any atom is 0.407 e. The molecule has 1 amide bonds. The van der Waals surface area contributed by atoms with Gasteiger partial charge in [-0.1, -0.05) is 6.42 Å². The number of amides is 1. The van der Waals surface area contributed by atoms with Crippen LogP contribution in [-0.4, -0.2) is 23.8 Å². The number of carbonyl (C=O) groups excluding carboxylic acids is 1. The van der Waals surface area contributed by atoms with Crippen molar-refractivity contribution >= 4 is 6.09 Å². The number of alkyl carbamates (subject to hydrolysis) is 1. The van der Waals surface area contributed by atoms with Gasteiger partial charge in [-0.2, -0.15) is 0 Å². The summed E-state index contributed by atoms with van der Waals surface area (Å²) in [6.07, 6.45) is 6.49. The van der Waals surface area contributed by atoms with Gasteiger partial charge < -0.3 is 15.8 Å². The smallest absolute Gasteiger partial charge is 0.407 e. The molecular formula is C14H26N2O2. The first-order valence-corrected chi connectivity index (χ1v) is 6.98. The van der Waals surface area contributed by atoms with E-state index in [4.69, 9.17) is 10.5 Å². The van der Waals surface area contributed by atoms with E-state index in [9.17, 15) is 4.79 Å². The average Bonchev–Trinajstić information content (AvgIpc) is 2.45. The van der Waals surface area contributed by atoms with Crippen molar-refractivity contribution < 1.29 is 9.53 Å². The molecule has 3 N–H and O–H groups in total. The lowest BCUT2D eigenvalue weighted by Gasteiger charge is -2.37. The van der Waals surface area contributed by atoms with Gasteiger partial charge >= 0.3 is 6.09 Å². The van der Waals surface area contributed by atoms with Gasteiger partial charge in [-0.25, -0.2) is 4.79 Å². The fourth-order valence-electron chi connectivity index (χ4n) is 3.49. The monoisotopic (exact) mass is 254 g/mol. The molecule has 0 aliphatic heterocycles. The minimum Gasteiger partial charge on any atom is -0.444 e. The second-order valence-corrected chi connectivity index (χ2v) is 7.25. The Kier molecular flexibility index (Phi) is 3.34. The van der Waals surface area contributed by atoms with Crippen LogP contribution in [0.4, 0.5) is 4.79 Å². The van der Waals surface area contributed by atoms with Gasteiger partial charge in [0, 0.05) is 12.1 Å². The Hall–Kier alpha value is -0.770. The van der Waals surface area contributed by atoms with Crippen molar-refractivity contribution in [2.75, 3.05) is 6.54 Å². The van der Waals surface area contributed by atoms with Crippen LogP contribution in [0.1, 0.15) is 59.3 Å². The van der Waals surface area contributed by atoms with Crippen LogP contribution in [0.5, 0.6) is 0 Å². The quantitative estimate of drug-likeness (QED) is 0.796. The number of ether oxygens (including phenoxy) is 1. The normalized spacial score (nSPS) is 35.3. The molecule has 2 saturated carbocycles. The van der Waals surface area contributed by atoms with Crippen molar-refractivity contribution in [3.8, 4) is 0 Å². The summed E-state index contributed by atoms with van der Waals surface area (Å²) in [4.78, 5) is 11.7. The molecule has 0 aromatic rings. The van der Waals surface area contributed by atoms with Crippen molar-refractivity contribution in [2.45, 2.75) is 70.4 Å². The third kappa shape index (κ3) is 3.16. The second-order valence-electron chi connectivity index (χ2n) is 7.25. The van der Waals surface area contributed by atoms with Gasteiger partial charge in [-0.3, -0.25) is 0 Å². The van der Waals surface area contributed by atoms with Gasteiger partial charge in [0.25, 0.3) is 0 Å². The molecule has 0 aromatic carbocycles. The lowest BCUT2D eigenvalue weighted by Crippen LogP contribution is -2.45. The van der Waals surface area contributed by atoms with Crippen LogP contribution < -0.4 is 11.1 Å². The van der Waals surface area contributed by atoms with E-state index in [0.717, 1.165) is 25.7 Å². The number of hydrogen-bond donors (Lipinski definition) is 2. The Morgan fingerprint density at radius 3 is 2.67 bits per heavy atom. The summed E-state index contributed by atoms with van der Waals surface area (Å²) in [6.45, 7) is 6.35. The molecule has 4 heteroatoms. The van der Waals surface area contributed by atoms with E-state index < -0.39 is 5.60 Å². The minimum atomic E-state index is -0.429. The van der Waals surface area contributed by atoms with Gasteiger partial charge in [0.05, 0.1) is 0 Å². The highest BCUT2D eigenvalue weighted by molar-refractivity contribution is 5.67. The summed E-state index contributed by atoms with van der Waals surface area (Å²) in [5, 5.41) is 2.93. The summed E-state index contributed by atoms with van der Waals surface area (Å²) >= 11 is 0. The van der Waals surface area contributed by atoms with Gasteiger partial charge in [0.15, 0.2) is 0 Å². The highest BCUT2D eigenvalue weighted by Crippen LogP contribution is 2.52. The summed E-state index contributed by atoms with van der Waals surface area (Å²) in [6, 6.07) is 0. The highest BCUT2D eigenvalue weighted by atomic mass is 16.6. The van der Waals surface area contributed by atoms with E-state index in [2.05, 4.69) is 5.32 Å². The van der Waals surface area contributed by atoms with Crippen molar-refractivity contribution in [1.82, 2.24) is 5.32 Å². The second kappa shape index (κ2) is 4.41. The van der Waals surface area contributed by atoms with E-state index >= 15 is 0 Å². The molecule has 0 saturated heterocycles. The molecule has 2 bridgehead atoms. The van der Waals surface area contributed by atoms with Crippen molar-refractivity contribution in [1.29, 1.82) is 0 Å². The zero-order valence-corrected chi connectivity index (χ0v) is 11.8. The molecule has 0 heterocycles. The standard InChI is InChI=1S/C14H26N2O2/c1-12(2,3)18-11(17)16-10-13-5-4-6-14(15,9-13)8-7-13/h4-10,15H2,1-3H3,(H,16,17)/t13-,14+/m0/s1. The van der Waals surface area contributed by atoms with Crippen LogP contribution in [0.3, 0.4) is 0 Å². The van der Waals surface area contributed by atoms with Crippen molar-refractivity contribution in [3.63, 3.8) is 0 Å². The Labute approximate surface area is 110 Å². The maximum absolute atomic E-state index is 11.7. The van der Waals surface area contributed by atoms with E-state index in [1.807, 2.05) is 20.8 Å². The van der Waals surface area contributed by atoms with Crippen LogP contribution in [0, 0.1) is 5.41 Å². The summed E-state index contributed by atoms with van der Waals surface area (Å²) in [7, 11) is 0. The Balaban J connectivity index is 1.85. The first-order valence-electron chi connectivity index (χ1n) is 6.98. The molecule has 0 radical (unpaired) electrons. The summed E-state index contributed by atoms with van der Waals surface area (Å²) in [5.74, 6) is 0. The van der Waals surface area contributed by atoms with Crippen LogP contribution in [0.25, 0.3) is 0 Å². The Bertz CT molecular complexity index is 337. The molecule has 2 rings (SSSR count). The Morgan fingerprint density at radius 2 is 2.00 bits per heavy atom. The molecule has 104 valence electrons. The molecule has 4 nitrogen and oxygen atoms in total. The van der Waals surface area contributed by atoms with Crippen molar-refractivity contribution in [3.05, 3.63) is 0 Å². The van der Waals surface area contributed by atoms with E-state index in [0.29, 0.717) is 6.54 Å². The molecule has 2 fully saturated rings. The van der Waals surface area contributed by atoms with Gasteiger partial charge in [-0.15, -0.1) is 0 Å². The zero-order valence-electron chi connectivity index (χ0n) is 11.8.